The van der Waals surface area contributed by atoms with E-state index in [1.807, 2.05) is 13.8 Å². The molecule has 0 aromatic carbocycles. The Morgan fingerprint density at radius 3 is 2.86 bits per heavy atom. The van der Waals surface area contributed by atoms with Gasteiger partial charge in [0.15, 0.2) is 0 Å². The van der Waals surface area contributed by atoms with Crippen molar-refractivity contribution in [2.45, 2.75) is 32.7 Å². The summed E-state index contributed by atoms with van der Waals surface area (Å²) in [6.07, 6.45) is 2.48. The van der Waals surface area contributed by atoms with Crippen LogP contribution in [0.3, 0.4) is 0 Å². The molecule has 0 bridgehead atoms. The van der Waals surface area contributed by atoms with Gasteiger partial charge in [0.25, 0.3) is 0 Å². The molecule has 0 aliphatic heterocycles. The number of rotatable bonds is 6. The minimum Gasteiger partial charge on any atom is -0.356 e. The number of carbonyl (C=O) groups excluding carboxylic acids is 1. The molecule has 0 spiro atoms. The molecule has 2 heterocycles. The van der Waals surface area contributed by atoms with Crippen molar-refractivity contribution < 1.29 is 4.79 Å². The third kappa shape index (κ3) is 3.48. The van der Waals surface area contributed by atoms with Crippen molar-refractivity contribution in [1.29, 1.82) is 0 Å². The molecule has 7 heteroatoms. The van der Waals surface area contributed by atoms with Crippen LogP contribution in [0.25, 0.3) is 10.2 Å². The van der Waals surface area contributed by atoms with Gasteiger partial charge in [0.1, 0.15) is 22.5 Å². The van der Waals surface area contributed by atoms with E-state index in [0.29, 0.717) is 18.9 Å². The van der Waals surface area contributed by atoms with Gasteiger partial charge >= 0.3 is 0 Å². The second-order valence-electron chi connectivity index (χ2n) is 5.30. The first-order chi connectivity index (χ1) is 9.97. The van der Waals surface area contributed by atoms with Crippen LogP contribution in [0.1, 0.15) is 25.6 Å². The molecule has 0 atom stereocenters. The average molecular weight is 307 g/mol. The normalized spacial score (nSPS) is 11.6. The lowest BCUT2D eigenvalue weighted by Gasteiger charge is -2.25. The van der Waals surface area contributed by atoms with Crippen LogP contribution in [-0.4, -0.2) is 34.5 Å². The number of hydrogen-bond donors (Lipinski definition) is 3. The van der Waals surface area contributed by atoms with E-state index in [1.165, 1.54) is 11.2 Å². The maximum Gasteiger partial charge on any atom is 0.245 e. The second-order valence-corrected chi connectivity index (χ2v) is 6.42. The van der Waals surface area contributed by atoms with Crippen molar-refractivity contribution in [2.75, 3.05) is 18.4 Å². The summed E-state index contributed by atoms with van der Waals surface area (Å²) in [7, 11) is 0. The van der Waals surface area contributed by atoms with Crippen LogP contribution in [0.4, 0.5) is 5.82 Å². The molecule has 2 aromatic heterocycles. The number of amides is 1. The molecule has 6 nitrogen and oxygen atoms in total. The number of aryl methyl sites for hydroxylation is 1. The Hall–Kier alpha value is -1.73. The standard InChI is InChI=1S/C14H21N5OS/c1-4-9-7-10-11(17-8-18-12(10)21-9)19-14(2,3)13(20)16-6-5-15/h7-8H,4-6,15H2,1-3H3,(H,16,20)(H,17,18,19). The molecule has 1 amide bonds. The highest BCUT2D eigenvalue weighted by Gasteiger charge is 2.28. The third-order valence-electron chi connectivity index (χ3n) is 3.16. The molecule has 0 radical (unpaired) electrons. The van der Waals surface area contributed by atoms with Crippen LogP contribution >= 0.6 is 11.3 Å². The minimum absolute atomic E-state index is 0.106. The van der Waals surface area contributed by atoms with Gasteiger partial charge in [-0.1, -0.05) is 6.92 Å². The van der Waals surface area contributed by atoms with E-state index in [2.05, 4.69) is 33.6 Å². The summed E-state index contributed by atoms with van der Waals surface area (Å²) in [5.41, 5.74) is 4.64. The van der Waals surface area contributed by atoms with Crippen molar-refractivity contribution in [3.63, 3.8) is 0 Å². The van der Waals surface area contributed by atoms with Crippen LogP contribution in [0.5, 0.6) is 0 Å². The van der Waals surface area contributed by atoms with Crippen LogP contribution in [0.15, 0.2) is 12.4 Å². The fourth-order valence-electron chi connectivity index (χ4n) is 1.94. The van der Waals surface area contributed by atoms with Gasteiger partial charge in [-0.05, 0) is 26.3 Å². The maximum absolute atomic E-state index is 12.2. The molecular formula is C14H21N5OS. The molecule has 0 unspecified atom stereocenters. The zero-order chi connectivity index (χ0) is 15.5. The molecule has 4 N–H and O–H groups in total. The van der Waals surface area contributed by atoms with Crippen molar-refractivity contribution >= 4 is 33.3 Å². The van der Waals surface area contributed by atoms with E-state index in [9.17, 15) is 4.79 Å². The smallest absolute Gasteiger partial charge is 0.245 e. The summed E-state index contributed by atoms with van der Waals surface area (Å²) < 4.78 is 0. The van der Waals surface area contributed by atoms with Crippen LogP contribution in [-0.2, 0) is 11.2 Å². The highest BCUT2D eigenvalue weighted by atomic mass is 32.1. The van der Waals surface area contributed by atoms with E-state index >= 15 is 0 Å². The third-order valence-corrected chi connectivity index (χ3v) is 4.34. The Bertz CT molecular complexity index is 637. The average Bonchev–Trinajstić information content (AvgIpc) is 2.88. The Morgan fingerprint density at radius 1 is 1.43 bits per heavy atom. The Balaban J connectivity index is 2.26. The van der Waals surface area contributed by atoms with Crippen molar-refractivity contribution in [1.82, 2.24) is 15.3 Å². The van der Waals surface area contributed by atoms with E-state index < -0.39 is 5.54 Å². The van der Waals surface area contributed by atoms with Gasteiger partial charge in [0.05, 0.1) is 5.39 Å². The number of nitrogens with one attached hydrogen (secondary N) is 2. The lowest BCUT2D eigenvalue weighted by atomic mass is 10.0. The van der Waals surface area contributed by atoms with Gasteiger partial charge < -0.3 is 16.4 Å². The first-order valence-electron chi connectivity index (χ1n) is 6.98. The number of hydrogen-bond acceptors (Lipinski definition) is 6. The number of aromatic nitrogens is 2. The van der Waals surface area contributed by atoms with Gasteiger partial charge in [-0.3, -0.25) is 4.79 Å². The molecule has 2 aromatic rings. The molecule has 114 valence electrons. The van der Waals surface area contributed by atoms with Gasteiger partial charge in [-0.15, -0.1) is 11.3 Å². The van der Waals surface area contributed by atoms with E-state index in [0.717, 1.165) is 16.6 Å². The maximum atomic E-state index is 12.2. The summed E-state index contributed by atoms with van der Waals surface area (Å²) in [5.74, 6) is 0.578. The predicted molar refractivity (Wildman–Crippen MR) is 86.6 cm³/mol. The molecule has 0 saturated carbocycles. The molecule has 0 fully saturated rings. The number of thiophene rings is 1. The number of carbonyl (C=O) groups is 1. The SMILES string of the molecule is CCc1cc2c(NC(C)(C)C(=O)NCCN)ncnc2s1. The van der Waals surface area contributed by atoms with Crippen LogP contribution < -0.4 is 16.4 Å². The minimum atomic E-state index is -0.773. The molecular weight excluding hydrogens is 286 g/mol. The largest absolute Gasteiger partial charge is 0.356 e. The Morgan fingerprint density at radius 2 is 2.19 bits per heavy atom. The van der Waals surface area contributed by atoms with Crippen molar-refractivity contribution in [3.8, 4) is 0 Å². The Labute approximate surface area is 128 Å². The molecule has 0 aliphatic carbocycles. The zero-order valence-electron chi connectivity index (χ0n) is 12.6. The first-order valence-corrected chi connectivity index (χ1v) is 7.79. The number of fused-ring (bicyclic) bond motifs is 1. The molecule has 21 heavy (non-hydrogen) atoms. The molecule has 0 aliphatic rings. The van der Waals surface area contributed by atoms with Gasteiger partial charge in [-0.25, -0.2) is 9.97 Å². The van der Waals surface area contributed by atoms with E-state index in [4.69, 9.17) is 5.73 Å². The number of nitrogens with two attached hydrogens (primary N) is 1. The molecule has 0 saturated heterocycles. The highest BCUT2D eigenvalue weighted by molar-refractivity contribution is 7.18. The predicted octanol–water partition coefficient (Wildman–Crippen LogP) is 1.52. The zero-order valence-corrected chi connectivity index (χ0v) is 13.4. The quantitative estimate of drug-likeness (QED) is 0.752. The number of anilines is 1. The lowest BCUT2D eigenvalue weighted by molar-refractivity contribution is -0.124. The summed E-state index contributed by atoms with van der Waals surface area (Å²) >= 11 is 1.65. The van der Waals surface area contributed by atoms with E-state index in [1.54, 1.807) is 11.3 Å². The topological polar surface area (TPSA) is 92.9 Å². The fourth-order valence-corrected chi connectivity index (χ4v) is 2.87. The van der Waals surface area contributed by atoms with Crippen LogP contribution in [0, 0.1) is 0 Å². The second kappa shape index (κ2) is 6.36. The Kier molecular flexibility index (Phi) is 4.74. The summed E-state index contributed by atoms with van der Waals surface area (Å²) in [5, 5.41) is 6.96. The molecule has 2 rings (SSSR count). The van der Waals surface area contributed by atoms with Crippen LogP contribution in [0.2, 0.25) is 0 Å². The van der Waals surface area contributed by atoms with E-state index in [-0.39, 0.29) is 5.91 Å². The monoisotopic (exact) mass is 307 g/mol. The number of nitrogens with zero attached hydrogens (tertiary/aromatic N) is 2. The first kappa shape index (κ1) is 15.7. The summed E-state index contributed by atoms with van der Waals surface area (Å²) in [4.78, 5) is 22.9. The summed E-state index contributed by atoms with van der Waals surface area (Å²) in [6, 6.07) is 2.08. The van der Waals surface area contributed by atoms with Crippen molar-refractivity contribution in [2.24, 2.45) is 5.73 Å². The fraction of sp³-hybridized carbons (Fsp3) is 0.500. The highest BCUT2D eigenvalue weighted by Crippen LogP contribution is 2.29. The lowest BCUT2D eigenvalue weighted by Crippen LogP contribution is -2.49. The van der Waals surface area contributed by atoms with Gasteiger partial charge in [0, 0.05) is 18.0 Å². The summed E-state index contributed by atoms with van der Waals surface area (Å²) in [6.45, 7) is 6.63. The van der Waals surface area contributed by atoms with Gasteiger partial charge in [-0.2, -0.15) is 0 Å². The van der Waals surface area contributed by atoms with Crippen molar-refractivity contribution in [3.05, 3.63) is 17.3 Å². The van der Waals surface area contributed by atoms with Gasteiger partial charge in [0.2, 0.25) is 5.91 Å².